The Bertz CT molecular complexity index is 1250. The van der Waals surface area contributed by atoms with Crippen LogP contribution in [0.2, 0.25) is 5.02 Å². The van der Waals surface area contributed by atoms with Crippen LogP contribution < -0.4 is 14.8 Å². The molecule has 1 heterocycles. The van der Waals surface area contributed by atoms with Gasteiger partial charge in [-0.1, -0.05) is 59.2 Å². The average molecular weight is 477 g/mol. The Morgan fingerprint density at radius 2 is 1.71 bits per heavy atom. The molecule has 1 aromatic heterocycles. The van der Waals surface area contributed by atoms with Crippen molar-refractivity contribution in [2.75, 3.05) is 7.11 Å². The topological polar surface area (TPSA) is 73.6 Å². The molecule has 0 aliphatic rings. The lowest BCUT2D eigenvalue weighted by Gasteiger charge is -2.20. The molecule has 4 rings (SSSR count). The van der Waals surface area contributed by atoms with E-state index in [0.29, 0.717) is 27.8 Å². The van der Waals surface area contributed by atoms with Crippen molar-refractivity contribution in [1.29, 1.82) is 0 Å². The minimum absolute atomic E-state index is 0.237. The first kappa shape index (κ1) is 23.4. The number of methoxy groups -OCH3 is 1. The molecular formula is C27H25ClN2O4. The molecule has 0 bridgehead atoms. The van der Waals surface area contributed by atoms with E-state index in [1.807, 2.05) is 68.4 Å². The third-order valence-electron chi connectivity index (χ3n) is 5.59. The number of carbonyl (C=O) groups excluding carboxylic acids is 1. The van der Waals surface area contributed by atoms with Gasteiger partial charge in [0, 0.05) is 10.6 Å². The van der Waals surface area contributed by atoms with E-state index in [0.717, 1.165) is 22.4 Å². The van der Waals surface area contributed by atoms with Gasteiger partial charge in [-0.05, 0) is 55.3 Å². The van der Waals surface area contributed by atoms with E-state index in [1.165, 1.54) is 0 Å². The number of hydrogen-bond donors (Lipinski definition) is 1. The summed E-state index contributed by atoms with van der Waals surface area (Å²) in [4.78, 5) is 13.2. The smallest absolute Gasteiger partial charge is 0.252 e. The molecule has 1 N–H and O–H groups in total. The molecule has 1 atom stereocenters. The highest BCUT2D eigenvalue weighted by Gasteiger charge is 2.19. The maximum atomic E-state index is 13.2. The molecule has 3 aromatic carbocycles. The number of carbonyl (C=O) groups is 1. The Balaban J connectivity index is 1.55. The molecule has 174 valence electrons. The second-order valence-electron chi connectivity index (χ2n) is 7.83. The van der Waals surface area contributed by atoms with Gasteiger partial charge >= 0.3 is 0 Å². The van der Waals surface area contributed by atoms with Crippen molar-refractivity contribution < 1.29 is 18.8 Å². The molecule has 1 amide bonds. The van der Waals surface area contributed by atoms with Crippen molar-refractivity contribution in [3.8, 4) is 11.5 Å². The number of benzene rings is 3. The van der Waals surface area contributed by atoms with Crippen LogP contribution in [0.4, 0.5) is 0 Å². The number of amides is 1. The van der Waals surface area contributed by atoms with E-state index >= 15 is 0 Å². The van der Waals surface area contributed by atoms with Gasteiger partial charge in [-0.2, -0.15) is 0 Å². The quantitative estimate of drug-likeness (QED) is 0.335. The van der Waals surface area contributed by atoms with Crippen molar-refractivity contribution in [2.45, 2.75) is 26.5 Å². The number of aryl methyl sites for hydroxylation is 2. The molecule has 0 radical (unpaired) electrons. The third kappa shape index (κ3) is 5.24. The van der Waals surface area contributed by atoms with Gasteiger partial charge in [0.15, 0.2) is 11.5 Å². The molecule has 0 spiro atoms. The second kappa shape index (κ2) is 10.4. The fourth-order valence-corrected chi connectivity index (χ4v) is 3.79. The van der Waals surface area contributed by atoms with Crippen LogP contribution in [0.15, 0.2) is 77.3 Å². The maximum absolute atomic E-state index is 13.2. The van der Waals surface area contributed by atoms with Crippen molar-refractivity contribution in [3.63, 3.8) is 0 Å². The predicted octanol–water partition coefficient (Wildman–Crippen LogP) is 6.05. The summed E-state index contributed by atoms with van der Waals surface area (Å²) in [5.41, 5.74) is 4.01. The summed E-state index contributed by atoms with van der Waals surface area (Å²) in [6.45, 7) is 3.99. The molecule has 0 fully saturated rings. The number of ether oxygens (including phenoxy) is 2. The summed E-state index contributed by atoms with van der Waals surface area (Å²) in [5, 5.41) is 7.71. The van der Waals surface area contributed by atoms with Gasteiger partial charge in [0.1, 0.15) is 12.4 Å². The summed E-state index contributed by atoms with van der Waals surface area (Å²) in [7, 11) is 1.54. The molecule has 0 aliphatic carbocycles. The van der Waals surface area contributed by atoms with E-state index in [4.69, 9.17) is 25.6 Å². The lowest BCUT2D eigenvalue weighted by Crippen LogP contribution is -2.29. The first-order chi connectivity index (χ1) is 16.5. The van der Waals surface area contributed by atoms with Gasteiger partial charge in [-0.25, -0.2) is 0 Å². The van der Waals surface area contributed by atoms with E-state index in [-0.39, 0.29) is 18.6 Å². The summed E-state index contributed by atoms with van der Waals surface area (Å²) in [5.74, 6) is 1.46. The molecule has 34 heavy (non-hydrogen) atoms. The van der Waals surface area contributed by atoms with Crippen molar-refractivity contribution >= 4 is 17.5 Å². The first-order valence-electron chi connectivity index (χ1n) is 10.8. The Morgan fingerprint density at radius 1 is 1.00 bits per heavy atom. The van der Waals surface area contributed by atoms with Crippen LogP contribution in [-0.4, -0.2) is 18.2 Å². The van der Waals surface area contributed by atoms with Crippen LogP contribution in [0.3, 0.4) is 0 Å². The molecular weight excluding hydrogens is 452 g/mol. The zero-order valence-corrected chi connectivity index (χ0v) is 19.9. The molecule has 0 saturated heterocycles. The Kier molecular flexibility index (Phi) is 7.18. The number of rotatable bonds is 8. The minimum atomic E-state index is -0.340. The van der Waals surface area contributed by atoms with Crippen molar-refractivity contribution in [3.05, 3.63) is 112 Å². The largest absolute Gasteiger partial charge is 0.493 e. The van der Waals surface area contributed by atoms with E-state index < -0.39 is 0 Å². The second-order valence-corrected chi connectivity index (χ2v) is 8.26. The van der Waals surface area contributed by atoms with Gasteiger partial charge < -0.3 is 19.3 Å². The predicted molar refractivity (Wildman–Crippen MR) is 131 cm³/mol. The fourth-order valence-electron chi connectivity index (χ4n) is 3.66. The molecule has 7 heteroatoms. The highest BCUT2D eigenvalue weighted by atomic mass is 35.5. The van der Waals surface area contributed by atoms with Crippen LogP contribution in [0.25, 0.3) is 0 Å². The number of hydrogen-bond acceptors (Lipinski definition) is 5. The lowest BCUT2D eigenvalue weighted by atomic mass is 9.98. The van der Waals surface area contributed by atoms with Gasteiger partial charge in [0.05, 0.1) is 24.4 Å². The van der Waals surface area contributed by atoms with Gasteiger partial charge in [-0.15, -0.1) is 0 Å². The van der Waals surface area contributed by atoms with Crippen LogP contribution in [0, 0.1) is 13.8 Å². The van der Waals surface area contributed by atoms with Crippen LogP contribution in [0.5, 0.6) is 11.5 Å². The number of halogens is 1. The van der Waals surface area contributed by atoms with Gasteiger partial charge in [0.2, 0.25) is 0 Å². The summed E-state index contributed by atoms with van der Waals surface area (Å²) in [6, 6.07) is 22.0. The van der Waals surface area contributed by atoms with Crippen LogP contribution >= 0.6 is 11.6 Å². The minimum Gasteiger partial charge on any atom is -0.493 e. The molecule has 4 aromatic rings. The summed E-state index contributed by atoms with van der Waals surface area (Å²) in [6.07, 6.45) is 0. The molecule has 0 aliphatic heterocycles. The van der Waals surface area contributed by atoms with E-state index in [9.17, 15) is 4.79 Å². The van der Waals surface area contributed by atoms with Crippen LogP contribution in [-0.2, 0) is 6.61 Å². The van der Waals surface area contributed by atoms with Crippen molar-refractivity contribution in [2.24, 2.45) is 0 Å². The highest BCUT2D eigenvalue weighted by molar-refractivity contribution is 6.30. The third-order valence-corrected chi connectivity index (χ3v) is 5.84. The van der Waals surface area contributed by atoms with Gasteiger partial charge in [0.25, 0.3) is 5.91 Å². The molecule has 6 nitrogen and oxygen atoms in total. The number of nitrogens with zero attached hydrogens (tertiary/aromatic N) is 1. The van der Waals surface area contributed by atoms with Crippen LogP contribution in [0.1, 0.15) is 44.5 Å². The molecule has 0 saturated carbocycles. The zero-order valence-electron chi connectivity index (χ0n) is 19.2. The standard InChI is InChI=1S/C27H25ClN2O4/c1-17-23(18(2)34-30-17)16-33-24-14-11-21(15-25(24)32-3)27(31)29-26(19-7-5-4-6-8-19)20-9-12-22(28)13-10-20/h4-15,26H,16H2,1-3H3,(H,29,31). The summed E-state index contributed by atoms with van der Waals surface area (Å²) >= 11 is 6.07. The zero-order chi connectivity index (χ0) is 24.1. The fraction of sp³-hybridized carbons (Fsp3) is 0.185. The maximum Gasteiger partial charge on any atom is 0.252 e. The lowest BCUT2D eigenvalue weighted by molar-refractivity contribution is 0.0942. The highest BCUT2D eigenvalue weighted by Crippen LogP contribution is 2.30. The first-order valence-corrected chi connectivity index (χ1v) is 11.2. The number of nitrogens with one attached hydrogen (secondary N) is 1. The SMILES string of the molecule is COc1cc(C(=O)NC(c2ccccc2)c2ccc(Cl)cc2)ccc1OCc1c(C)noc1C. The van der Waals surface area contributed by atoms with E-state index in [1.54, 1.807) is 25.3 Å². The Hall–Kier alpha value is -3.77. The average Bonchev–Trinajstić information content (AvgIpc) is 3.19. The summed E-state index contributed by atoms with van der Waals surface area (Å²) < 4.78 is 16.6. The van der Waals surface area contributed by atoms with Crippen molar-refractivity contribution in [1.82, 2.24) is 10.5 Å². The van der Waals surface area contributed by atoms with Gasteiger partial charge in [-0.3, -0.25) is 4.79 Å². The Labute approximate surface area is 203 Å². The number of aromatic nitrogens is 1. The normalized spacial score (nSPS) is 11.6. The monoisotopic (exact) mass is 476 g/mol. The van der Waals surface area contributed by atoms with E-state index in [2.05, 4.69) is 10.5 Å². The molecule has 1 unspecified atom stereocenters. The Morgan fingerprint density at radius 3 is 2.35 bits per heavy atom.